The van der Waals surface area contributed by atoms with Gasteiger partial charge in [-0.25, -0.2) is 0 Å². The second-order valence-electron chi connectivity index (χ2n) is 6.06. The molecule has 0 spiro atoms. The van der Waals surface area contributed by atoms with Gasteiger partial charge in [0.15, 0.2) is 17.5 Å². The van der Waals surface area contributed by atoms with Crippen LogP contribution in [0.1, 0.15) is 37.7 Å². The Bertz CT molecular complexity index is 601. The number of nitrogens with zero attached hydrogens (tertiary/aromatic N) is 1. The van der Waals surface area contributed by atoms with Crippen LogP contribution in [0.2, 0.25) is 0 Å². The third-order valence-corrected chi connectivity index (χ3v) is 4.35. The molecule has 25 heavy (non-hydrogen) atoms. The number of allylic oxidation sites excluding steroid dienone is 1. The van der Waals surface area contributed by atoms with E-state index < -0.39 is 0 Å². The number of phenols is 1. The molecule has 1 aliphatic carbocycles. The Morgan fingerprint density at radius 1 is 1.16 bits per heavy atom. The van der Waals surface area contributed by atoms with Gasteiger partial charge >= 0.3 is 0 Å². The maximum atomic E-state index is 9.97. The number of phenolic OH excluding ortho intramolecular Hbond substituents is 1. The average Bonchev–Trinajstić information content (AvgIpc) is 2.66. The van der Waals surface area contributed by atoms with Crippen molar-refractivity contribution in [2.45, 2.75) is 38.6 Å². The number of hydrogen-bond donors (Lipinski definition) is 3. The zero-order valence-electron chi connectivity index (χ0n) is 15.4. The first kappa shape index (κ1) is 19.0. The minimum atomic E-state index is 0.0111. The van der Waals surface area contributed by atoms with Crippen LogP contribution in [0.5, 0.6) is 17.2 Å². The molecule has 0 aliphatic heterocycles. The molecule has 1 aromatic carbocycles. The fourth-order valence-electron chi connectivity index (χ4n) is 2.93. The fraction of sp³-hybridized carbons (Fsp3) is 0.526. The monoisotopic (exact) mass is 347 g/mol. The fourth-order valence-corrected chi connectivity index (χ4v) is 2.93. The topological polar surface area (TPSA) is 75.1 Å². The number of guanidine groups is 1. The molecule has 0 amide bonds. The molecule has 0 unspecified atom stereocenters. The molecular weight excluding hydrogens is 318 g/mol. The van der Waals surface area contributed by atoms with Crippen molar-refractivity contribution in [2.75, 3.05) is 27.8 Å². The maximum absolute atomic E-state index is 9.97. The summed E-state index contributed by atoms with van der Waals surface area (Å²) >= 11 is 0. The van der Waals surface area contributed by atoms with Gasteiger partial charge in [0.05, 0.1) is 14.2 Å². The number of aromatic hydroxyl groups is 1. The SMILES string of the molecule is CN=C(NCCC1=CCCCC1)NCc1cc(OC)c(O)c(OC)c1. The van der Waals surface area contributed by atoms with Gasteiger partial charge in [-0.15, -0.1) is 0 Å². The van der Waals surface area contributed by atoms with Gasteiger partial charge in [0.1, 0.15) is 0 Å². The minimum absolute atomic E-state index is 0.0111. The number of methoxy groups -OCH3 is 2. The van der Waals surface area contributed by atoms with Gasteiger partial charge < -0.3 is 25.2 Å². The highest BCUT2D eigenvalue weighted by molar-refractivity contribution is 5.79. The third kappa shape index (κ3) is 5.59. The summed E-state index contributed by atoms with van der Waals surface area (Å²) in [7, 11) is 4.80. The number of hydrogen-bond acceptors (Lipinski definition) is 4. The summed E-state index contributed by atoms with van der Waals surface area (Å²) in [4.78, 5) is 4.25. The summed E-state index contributed by atoms with van der Waals surface area (Å²) in [5, 5.41) is 16.6. The lowest BCUT2D eigenvalue weighted by atomic mass is 9.97. The number of benzene rings is 1. The van der Waals surface area contributed by atoms with E-state index >= 15 is 0 Å². The van der Waals surface area contributed by atoms with Gasteiger partial charge in [0.2, 0.25) is 5.75 Å². The molecule has 0 heterocycles. The molecule has 0 saturated heterocycles. The van der Waals surface area contributed by atoms with E-state index in [4.69, 9.17) is 9.47 Å². The molecular formula is C19H29N3O3. The van der Waals surface area contributed by atoms with Crippen LogP contribution in [0.3, 0.4) is 0 Å². The number of ether oxygens (including phenoxy) is 2. The summed E-state index contributed by atoms with van der Waals surface area (Å²) in [6.45, 7) is 1.42. The molecule has 1 aliphatic rings. The molecule has 0 bridgehead atoms. The third-order valence-electron chi connectivity index (χ3n) is 4.35. The second-order valence-corrected chi connectivity index (χ2v) is 6.06. The lowest BCUT2D eigenvalue weighted by Gasteiger charge is -2.16. The van der Waals surface area contributed by atoms with E-state index in [2.05, 4.69) is 21.7 Å². The highest BCUT2D eigenvalue weighted by Gasteiger charge is 2.11. The Kier molecular flexibility index (Phi) is 7.44. The van der Waals surface area contributed by atoms with Crippen LogP contribution >= 0.6 is 0 Å². The van der Waals surface area contributed by atoms with E-state index in [9.17, 15) is 5.11 Å². The molecule has 1 aromatic rings. The summed E-state index contributed by atoms with van der Waals surface area (Å²) < 4.78 is 10.4. The summed E-state index contributed by atoms with van der Waals surface area (Å²) in [5.74, 6) is 1.55. The predicted octanol–water partition coefficient (Wildman–Crippen LogP) is 2.96. The Labute approximate surface area is 149 Å². The van der Waals surface area contributed by atoms with Crippen LogP contribution in [0, 0.1) is 0 Å². The highest BCUT2D eigenvalue weighted by Crippen LogP contribution is 2.36. The quantitative estimate of drug-likeness (QED) is 0.402. The second kappa shape index (κ2) is 9.81. The highest BCUT2D eigenvalue weighted by atomic mass is 16.5. The average molecular weight is 347 g/mol. The van der Waals surface area contributed by atoms with Crippen LogP contribution in [0.25, 0.3) is 0 Å². The Hall–Kier alpha value is -2.37. The summed E-state index contributed by atoms with van der Waals surface area (Å²) in [6.07, 6.45) is 8.49. The van der Waals surface area contributed by atoms with Crippen molar-refractivity contribution in [3.63, 3.8) is 0 Å². The van der Waals surface area contributed by atoms with Gasteiger partial charge in [0, 0.05) is 20.1 Å². The van der Waals surface area contributed by atoms with Gasteiger partial charge in [-0.1, -0.05) is 11.6 Å². The smallest absolute Gasteiger partial charge is 0.200 e. The van der Waals surface area contributed by atoms with Crippen LogP contribution in [0.15, 0.2) is 28.8 Å². The Morgan fingerprint density at radius 3 is 2.44 bits per heavy atom. The van der Waals surface area contributed by atoms with Crippen LogP contribution in [-0.2, 0) is 6.54 Å². The lowest BCUT2D eigenvalue weighted by Crippen LogP contribution is -2.37. The van der Waals surface area contributed by atoms with Crippen molar-refractivity contribution >= 4 is 5.96 Å². The van der Waals surface area contributed by atoms with E-state index in [0.717, 1.165) is 24.5 Å². The largest absolute Gasteiger partial charge is 0.502 e. The zero-order chi connectivity index (χ0) is 18.1. The predicted molar refractivity (Wildman–Crippen MR) is 101 cm³/mol. The van der Waals surface area contributed by atoms with E-state index in [-0.39, 0.29) is 5.75 Å². The van der Waals surface area contributed by atoms with Gasteiger partial charge in [-0.05, 0) is 49.8 Å². The van der Waals surface area contributed by atoms with E-state index in [1.807, 2.05) is 0 Å². The molecule has 0 saturated carbocycles. The molecule has 0 fully saturated rings. The van der Waals surface area contributed by atoms with E-state index in [1.54, 1.807) is 24.8 Å². The maximum Gasteiger partial charge on any atom is 0.200 e. The standard InChI is InChI=1S/C19H29N3O3/c1-20-19(21-10-9-14-7-5-4-6-8-14)22-13-15-11-16(24-2)18(23)17(12-15)25-3/h7,11-12,23H,4-6,8-10,13H2,1-3H3,(H2,20,21,22). The van der Waals surface area contributed by atoms with Crippen molar-refractivity contribution in [1.29, 1.82) is 0 Å². The molecule has 0 aromatic heterocycles. The molecule has 138 valence electrons. The Balaban J connectivity index is 1.86. The number of aliphatic imine (C=N–C) groups is 1. The molecule has 2 rings (SSSR count). The van der Waals surface area contributed by atoms with Gasteiger partial charge in [-0.2, -0.15) is 0 Å². The van der Waals surface area contributed by atoms with Crippen LogP contribution in [-0.4, -0.2) is 38.9 Å². The minimum Gasteiger partial charge on any atom is -0.502 e. The normalized spacial score (nSPS) is 14.7. The first-order valence-electron chi connectivity index (χ1n) is 8.74. The Morgan fingerprint density at radius 2 is 1.88 bits per heavy atom. The van der Waals surface area contributed by atoms with Gasteiger partial charge in [-0.3, -0.25) is 4.99 Å². The first-order chi connectivity index (χ1) is 12.2. The van der Waals surface area contributed by atoms with E-state index in [0.29, 0.717) is 18.0 Å². The number of nitrogens with one attached hydrogen (secondary N) is 2. The molecule has 0 atom stereocenters. The van der Waals surface area contributed by atoms with Crippen LogP contribution in [0.4, 0.5) is 0 Å². The van der Waals surface area contributed by atoms with Crippen molar-refractivity contribution < 1.29 is 14.6 Å². The molecule has 3 N–H and O–H groups in total. The zero-order valence-corrected chi connectivity index (χ0v) is 15.4. The van der Waals surface area contributed by atoms with Crippen LogP contribution < -0.4 is 20.1 Å². The summed E-state index contributed by atoms with van der Waals surface area (Å²) in [5.41, 5.74) is 2.48. The molecule has 6 nitrogen and oxygen atoms in total. The van der Waals surface area contributed by atoms with Crippen molar-refractivity contribution in [2.24, 2.45) is 4.99 Å². The van der Waals surface area contributed by atoms with E-state index in [1.165, 1.54) is 39.9 Å². The molecule has 0 radical (unpaired) electrons. The first-order valence-corrected chi connectivity index (χ1v) is 8.74. The lowest BCUT2D eigenvalue weighted by molar-refractivity contribution is 0.339. The van der Waals surface area contributed by atoms with Gasteiger partial charge in [0.25, 0.3) is 0 Å². The number of rotatable bonds is 7. The molecule has 6 heteroatoms. The van der Waals surface area contributed by atoms with Crippen molar-refractivity contribution in [3.8, 4) is 17.2 Å². The van der Waals surface area contributed by atoms with Crippen molar-refractivity contribution in [1.82, 2.24) is 10.6 Å². The summed E-state index contributed by atoms with van der Waals surface area (Å²) in [6, 6.07) is 3.57. The van der Waals surface area contributed by atoms with Crippen molar-refractivity contribution in [3.05, 3.63) is 29.3 Å².